The van der Waals surface area contributed by atoms with Gasteiger partial charge in [0, 0.05) is 6.04 Å². The normalized spacial score (nSPS) is 16.9. The SMILES string of the molecule is C=Cc1ccccc1CCNC1CCCCC1. The van der Waals surface area contributed by atoms with Gasteiger partial charge >= 0.3 is 0 Å². The van der Waals surface area contributed by atoms with Crippen molar-refractivity contribution in [3.8, 4) is 0 Å². The van der Waals surface area contributed by atoms with E-state index in [0.29, 0.717) is 0 Å². The molecule has 0 unspecified atom stereocenters. The van der Waals surface area contributed by atoms with Gasteiger partial charge in [0.2, 0.25) is 0 Å². The van der Waals surface area contributed by atoms with Gasteiger partial charge in [0.25, 0.3) is 0 Å². The first-order chi connectivity index (χ1) is 8.40. The smallest absolute Gasteiger partial charge is 0.00671 e. The third-order valence-corrected chi connectivity index (χ3v) is 3.71. The van der Waals surface area contributed by atoms with Crippen LogP contribution >= 0.6 is 0 Å². The molecule has 2 rings (SSSR count). The zero-order valence-corrected chi connectivity index (χ0v) is 10.6. The lowest BCUT2D eigenvalue weighted by atomic mass is 9.95. The second-order valence-corrected chi connectivity index (χ2v) is 4.94. The van der Waals surface area contributed by atoms with Gasteiger partial charge in [-0.1, -0.05) is 56.2 Å². The fraction of sp³-hybridized carbons (Fsp3) is 0.500. The van der Waals surface area contributed by atoms with Crippen molar-refractivity contribution in [3.63, 3.8) is 0 Å². The van der Waals surface area contributed by atoms with E-state index in [-0.39, 0.29) is 0 Å². The van der Waals surface area contributed by atoms with E-state index < -0.39 is 0 Å². The molecule has 0 bridgehead atoms. The number of hydrogen-bond acceptors (Lipinski definition) is 1. The lowest BCUT2D eigenvalue weighted by Gasteiger charge is -2.23. The maximum atomic E-state index is 3.87. The van der Waals surface area contributed by atoms with Gasteiger partial charge in [-0.05, 0) is 36.9 Å². The van der Waals surface area contributed by atoms with Gasteiger partial charge in [-0.3, -0.25) is 0 Å². The topological polar surface area (TPSA) is 12.0 Å². The average molecular weight is 229 g/mol. The second kappa shape index (κ2) is 6.61. The minimum atomic E-state index is 0.764. The van der Waals surface area contributed by atoms with Crippen LogP contribution in [0.1, 0.15) is 43.2 Å². The van der Waals surface area contributed by atoms with Crippen LogP contribution < -0.4 is 5.32 Å². The molecule has 0 heterocycles. The summed E-state index contributed by atoms with van der Waals surface area (Å²) in [5, 5.41) is 3.69. The summed E-state index contributed by atoms with van der Waals surface area (Å²) in [6.07, 6.45) is 10.0. The van der Waals surface area contributed by atoms with Crippen LogP contribution in [0.25, 0.3) is 6.08 Å². The standard InChI is InChI=1S/C16H23N/c1-2-14-8-6-7-9-15(14)12-13-17-16-10-4-3-5-11-16/h2,6-9,16-17H,1,3-5,10-13H2. The van der Waals surface area contributed by atoms with Gasteiger partial charge in [-0.25, -0.2) is 0 Å². The molecule has 0 spiro atoms. The molecule has 0 amide bonds. The lowest BCUT2D eigenvalue weighted by Crippen LogP contribution is -2.32. The van der Waals surface area contributed by atoms with E-state index in [0.717, 1.165) is 19.0 Å². The van der Waals surface area contributed by atoms with Crippen LogP contribution in [0.5, 0.6) is 0 Å². The van der Waals surface area contributed by atoms with Crippen LogP contribution in [0.3, 0.4) is 0 Å². The molecule has 92 valence electrons. The van der Waals surface area contributed by atoms with E-state index in [1.165, 1.54) is 43.2 Å². The van der Waals surface area contributed by atoms with E-state index in [4.69, 9.17) is 0 Å². The molecule has 0 saturated heterocycles. The van der Waals surface area contributed by atoms with Gasteiger partial charge in [0.15, 0.2) is 0 Å². The van der Waals surface area contributed by atoms with Crippen molar-refractivity contribution in [2.24, 2.45) is 0 Å². The second-order valence-electron chi connectivity index (χ2n) is 4.94. The number of hydrogen-bond donors (Lipinski definition) is 1. The van der Waals surface area contributed by atoms with Gasteiger partial charge in [0.1, 0.15) is 0 Å². The first kappa shape index (κ1) is 12.4. The zero-order chi connectivity index (χ0) is 11.9. The average Bonchev–Trinajstić information content (AvgIpc) is 2.40. The summed E-state index contributed by atoms with van der Waals surface area (Å²) in [4.78, 5) is 0. The summed E-state index contributed by atoms with van der Waals surface area (Å²) in [6, 6.07) is 9.31. The predicted octanol–water partition coefficient (Wildman–Crippen LogP) is 3.79. The van der Waals surface area contributed by atoms with Crippen LogP contribution in [-0.4, -0.2) is 12.6 Å². The molecular weight excluding hydrogens is 206 g/mol. The van der Waals surface area contributed by atoms with Crippen LogP contribution in [0.2, 0.25) is 0 Å². The van der Waals surface area contributed by atoms with E-state index in [2.05, 4.69) is 36.2 Å². The molecule has 1 fully saturated rings. The fourth-order valence-electron chi connectivity index (χ4n) is 2.68. The summed E-state index contributed by atoms with van der Waals surface area (Å²) in [5.74, 6) is 0. The largest absolute Gasteiger partial charge is 0.314 e. The quantitative estimate of drug-likeness (QED) is 0.810. The Morgan fingerprint density at radius 2 is 1.94 bits per heavy atom. The minimum absolute atomic E-state index is 0.764. The van der Waals surface area contributed by atoms with Crippen LogP contribution in [0.15, 0.2) is 30.8 Å². The van der Waals surface area contributed by atoms with Gasteiger partial charge in [-0.15, -0.1) is 0 Å². The fourth-order valence-corrected chi connectivity index (χ4v) is 2.68. The van der Waals surface area contributed by atoms with Gasteiger partial charge in [-0.2, -0.15) is 0 Å². The molecule has 17 heavy (non-hydrogen) atoms. The summed E-state index contributed by atoms with van der Waals surface area (Å²) in [6.45, 7) is 4.96. The number of nitrogens with one attached hydrogen (secondary N) is 1. The van der Waals surface area contributed by atoms with E-state index in [1.54, 1.807) is 0 Å². The molecule has 1 heteroatoms. The monoisotopic (exact) mass is 229 g/mol. The molecule has 1 N–H and O–H groups in total. The summed E-state index contributed by atoms with van der Waals surface area (Å²) < 4.78 is 0. The Balaban J connectivity index is 1.79. The maximum Gasteiger partial charge on any atom is 0.00671 e. The van der Waals surface area contributed by atoms with Crippen LogP contribution in [0.4, 0.5) is 0 Å². The van der Waals surface area contributed by atoms with E-state index in [1.807, 2.05) is 6.08 Å². The zero-order valence-electron chi connectivity index (χ0n) is 10.6. The third-order valence-electron chi connectivity index (χ3n) is 3.71. The lowest BCUT2D eigenvalue weighted by molar-refractivity contribution is 0.375. The van der Waals surface area contributed by atoms with Crippen molar-refractivity contribution in [1.82, 2.24) is 5.32 Å². The Morgan fingerprint density at radius 1 is 1.18 bits per heavy atom. The minimum Gasteiger partial charge on any atom is -0.314 e. The molecule has 0 aliphatic heterocycles. The predicted molar refractivity (Wildman–Crippen MR) is 75.1 cm³/mol. The van der Waals surface area contributed by atoms with Crippen molar-refractivity contribution in [2.75, 3.05) is 6.54 Å². The molecular formula is C16H23N. The third kappa shape index (κ3) is 3.71. The molecule has 1 aromatic rings. The molecule has 1 saturated carbocycles. The van der Waals surface area contributed by atoms with Crippen molar-refractivity contribution >= 4 is 6.08 Å². The summed E-state index contributed by atoms with van der Waals surface area (Å²) >= 11 is 0. The van der Waals surface area contributed by atoms with E-state index in [9.17, 15) is 0 Å². The number of rotatable bonds is 5. The molecule has 1 aromatic carbocycles. The summed E-state index contributed by atoms with van der Waals surface area (Å²) in [5.41, 5.74) is 2.68. The molecule has 1 aliphatic rings. The highest BCUT2D eigenvalue weighted by atomic mass is 14.9. The number of benzene rings is 1. The van der Waals surface area contributed by atoms with Crippen molar-refractivity contribution in [2.45, 2.75) is 44.6 Å². The van der Waals surface area contributed by atoms with Crippen molar-refractivity contribution in [3.05, 3.63) is 42.0 Å². The summed E-state index contributed by atoms with van der Waals surface area (Å²) in [7, 11) is 0. The molecule has 0 radical (unpaired) electrons. The van der Waals surface area contributed by atoms with Gasteiger partial charge in [0.05, 0.1) is 0 Å². The Kier molecular flexibility index (Phi) is 4.81. The Bertz CT molecular complexity index is 350. The highest BCUT2D eigenvalue weighted by molar-refractivity contribution is 5.51. The highest BCUT2D eigenvalue weighted by Gasteiger charge is 2.11. The first-order valence-corrected chi connectivity index (χ1v) is 6.84. The van der Waals surface area contributed by atoms with E-state index >= 15 is 0 Å². The van der Waals surface area contributed by atoms with Crippen molar-refractivity contribution < 1.29 is 0 Å². The van der Waals surface area contributed by atoms with Gasteiger partial charge < -0.3 is 5.32 Å². The first-order valence-electron chi connectivity index (χ1n) is 6.84. The molecule has 1 aliphatic carbocycles. The highest BCUT2D eigenvalue weighted by Crippen LogP contribution is 2.17. The molecule has 0 atom stereocenters. The maximum absolute atomic E-state index is 3.87. The Labute approximate surface area is 105 Å². The van der Waals surface area contributed by atoms with Crippen LogP contribution in [0, 0.1) is 0 Å². The Hall–Kier alpha value is -1.08. The Morgan fingerprint density at radius 3 is 2.71 bits per heavy atom. The van der Waals surface area contributed by atoms with Crippen LogP contribution in [-0.2, 0) is 6.42 Å². The van der Waals surface area contributed by atoms with Crippen molar-refractivity contribution in [1.29, 1.82) is 0 Å². The molecule has 0 aromatic heterocycles. The molecule has 1 nitrogen and oxygen atoms in total.